The van der Waals surface area contributed by atoms with Crippen LogP contribution in [0.1, 0.15) is 32.1 Å². The predicted molar refractivity (Wildman–Crippen MR) is 75.2 cm³/mol. The lowest BCUT2D eigenvalue weighted by Crippen LogP contribution is -3.15. The fourth-order valence-electron chi connectivity index (χ4n) is 4.82. The van der Waals surface area contributed by atoms with E-state index in [1.165, 1.54) is 4.90 Å². The summed E-state index contributed by atoms with van der Waals surface area (Å²) in [5, 5.41) is 0. The first kappa shape index (κ1) is 14.5. The SMILES string of the molecule is O=C(C[NH+]1CCOCC1)OC12CC3CC(C1)OC(=O)C(C3)C2. The summed E-state index contributed by atoms with van der Waals surface area (Å²) >= 11 is 0. The maximum absolute atomic E-state index is 12.4. The van der Waals surface area contributed by atoms with Gasteiger partial charge in [0.05, 0.1) is 19.1 Å². The van der Waals surface area contributed by atoms with E-state index in [0.29, 0.717) is 38.5 Å². The molecule has 3 heterocycles. The van der Waals surface area contributed by atoms with E-state index in [-0.39, 0.29) is 24.0 Å². The zero-order valence-electron chi connectivity index (χ0n) is 12.8. The van der Waals surface area contributed by atoms with E-state index < -0.39 is 5.60 Å². The number of esters is 2. The summed E-state index contributed by atoms with van der Waals surface area (Å²) in [7, 11) is 0. The highest BCUT2D eigenvalue weighted by molar-refractivity contribution is 5.74. The molecule has 1 N–H and O–H groups in total. The zero-order valence-corrected chi connectivity index (χ0v) is 12.8. The van der Waals surface area contributed by atoms with Crippen LogP contribution in [-0.4, -0.2) is 56.5 Å². The van der Waals surface area contributed by atoms with Gasteiger partial charge in [0.2, 0.25) is 0 Å². The summed E-state index contributed by atoms with van der Waals surface area (Å²) in [4.78, 5) is 25.6. The normalized spacial score (nSPS) is 41.1. The van der Waals surface area contributed by atoms with Gasteiger partial charge in [0, 0.05) is 12.8 Å². The quantitative estimate of drug-likeness (QED) is 0.700. The summed E-state index contributed by atoms with van der Waals surface area (Å²) in [6, 6.07) is 0. The van der Waals surface area contributed by atoms with Gasteiger partial charge in [-0.25, -0.2) is 4.79 Å². The first-order chi connectivity index (χ1) is 10.6. The molecule has 2 saturated carbocycles. The number of rotatable bonds is 3. The molecule has 0 aromatic heterocycles. The molecule has 22 heavy (non-hydrogen) atoms. The van der Waals surface area contributed by atoms with Crippen molar-refractivity contribution in [2.75, 3.05) is 32.8 Å². The summed E-state index contributed by atoms with van der Waals surface area (Å²) in [5.74, 6) is 0.178. The number of fused-ring (bicyclic) bond motifs is 1. The van der Waals surface area contributed by atoms with E-state index in [9.17, 15) is 9.59 Å². The first-order valence-corrected chi connectivity index (χ1v) is 8.45. The Hall–Kier alpha value is -1.14. The van der Waals surface area contributed by atoms with Crippen LogP contribution in [0.25, 0.3) is 0 Å². The molecule has 4 atom stereocenters. The Kier molecular flexibility index (Phi) is 3.61. The van der Waals surface area contributed by atoms with Crippen molar-refractivity contribution in [3.8, 4) is 0 Å². The Balaban J connectivity index is 1.43. The molecule has 3 aliphatic heterocycles. The average molecular weight is 310 g/mol. The largest absolute Gasteiger partial charge is 0.462 e. The van der Waals surface area contributed by atoms with Crippen molar-refractivity contribution in [2.24, 2.45) is 11.8 Å². The lowest BCUT2D eigenvalue weighted by Gasteiger charge is -2.45. The molecule has 6 nitrogen and oxygen atoms in total. The van der Waals surface area contributed by atoms with E-state index in [0.717, 1.165) is 32.4 Å². The highest BCUT2D eigenvalue weighted by atomic mass is 16.6. The van der Waals surface area contributed by atoms with E-state index in [1.807, 2.05) is 0 Å². The standard InChI is InChI=1S/C16H23NO5/c18-14(10-17-1-3-20-4-2-17)22-16-7-11-5-12(8-16)15(19)21-13(6-11)9-16/h11-13H,1-10H2/p+1. The number of hydrogen-bond acceptors (Lipinski definition) is 5. The van der Waals surface area contributed by atoms with Crippen molar-refractivity contribution >= 4 is 11.9 Å². The molecule has 0 spiro atoms. The second kappa shape index (κ2) is 5.49. The summed E-state index contributed by atoms with van der Waals surface area (Å²) < 4.78 is 16.8. The van der Waals surface area contributed by atoms with Crippen LogP contribution in [0.3, 0.4) is 0 Å². The van der Waals surface area contributed by atoms with E-state index in [4.69, 9.17) is 14.2 Å². The minimum Gasteiger partial charge on any atom is -0.462 e. The van der Waals surface area contributed by atoms with Gasteiger partial charge in [-0.2, -0.15) is 0 Å². The van der Waals surface area contributed by atoms with Crippen molar-refractivity contribution in [3.63, 3.8) is 0 Å². The molecule has 5 rings (SSSR count). The van der Waals surface area contributed by atoms with Crippen LogP contribution in [0, 0.1) is 11.8 Å². The van der Waals surface area contributed by atoms with Gasteiger partial charge in [-0.05, 0) is 25.2 Å². The van der Waals surface area contributed by atoms with Crippen LogP contribution in [0.15, 0.2) is 0 Å². The molecular formula is C16H24NO5+. The second-order valence-corrected chi connectivity index (χ2v) is 7.40. The molecule has 0 aromatic rings. The van der Waals surface area contributed by atoms with Crippen LogP contribution in [0.5, 0.6) is 0 Å². The molecule has 6 heteroatoms. The molecule has 0 radical (unpaired) electrons. The maximum atomic E-state index is 12.4. The molecule has 0 amide bonds. The lowest BCUT2D eigenvalue weighted by atomic mass is 9.65. The number of quaternary nitrogens is 1. The number of carbonyl (C=O) groups excluding carboxylic acids is 2. The third kappa shape index (κ3) is 2.74. The molecule has 5 aliphatic rings. The van der Waals surface area contributed by atoms with Gasteiger partial charge in [0.1, 0.15) is 24.8 Å². The average Bonchev–Trinajstić information content (AvgIpc) is 2.61. The predicted octanol–water partition coefficient (Wildman–Crippen LogP) is -0.681. The topological polar surface area (TPSA) is 66.3 Å². The summed E-state index contributed by atoms with van der Waals surface area (Å²) in [5.41, 5.74) is -0.453. The number of morpholine rings is 1. The molecule has 2 aliphatic carbocycles. The Morgan fingerprint density at radius 1 is 1.23 bits per heavy atom. The van der Waals surface area contributed by atoms with E-state index in [2.05, 4.69) is 0 Å². The minimum atomic E-state index is -0.453. The molecule has 0 aromatic carbocycles. The molecular weight excluding hydrogens is 286 g/mol. The zero-order chi connectivity index (χ0) is 15.2. The van der Waals surface area contributed by atoms with Crippen molar-refractivity contribution in [1.82, 2.24) is 0 Å². The fourth-order valence-corrected chi connectivity index (χ4v) is 4.82. The van der Waals surface area contributed by atoms with Crippen LogP contribution in [0.4, 0.5) is 0 Å². The second-order valence-electron chi connectivity index (χ2n) is 7.40. The van der Waals surface area contributed by atoms with Gasteiger partial charge in [-0.1, -0.05) is 0 Å². The van der Waals surface area contributed by atoms with E-state index in [1.54, 1.807) is 0 Å². The van der Waals surface area contributed by atoms with Crippen LogP contribution >= 0.6 is 0 Å². The van der Waals surface area contributed by atoms with Crippen molar-refractivity contribution in [3.05, 3.63) is 0 Å². The van der Waals surface area contributed by atoms with Gasteiger partial charge in [-0.15, -0.1) is 0 Å². The van der Waals surface area contributed by atoms with Gasteiger partial charge >= 0.3 is 11.9 Å². The van der Waals surface area contributed by atoms with Crippen molar-refractivity contribution < 1.29 is 28.7 Å². The third-order valence-corrected chi connectivity index (χ3v) is 5.63. The Bertz CT molecular complexity index is 475. The van der Waals surface area contributed by atoms with Crippen molar-refractivity contribution in [1.29, 1.82) is 0 Å². The van der Waals surface area contributed by atoms with Gasteiger partial charge < -0.3 is 19.1 Å². The monoisotopic (exact) mass is 310 g/mol. The number of ether oxygens (including phenoxy) is 3. The van der Waals surface area contributed by atoms with Gasteiger partial charge in [-0.3, -0.25) is 4.79 Å². The Morgan fingerprint density at radius 2 is 2.05 bits per heavy atom. The molecule has 3 saturated heterocycles. The maximum Gasteiger partial charge on any atom is 0.362 e. The fraction of sp³-hybridized carbons (Fsp3) is 0.875. The van der Waals surface area contributed by atoms with Crippen LogP contribution in [-0.2, 0) is 23.8 Å². The van der Waals surface area contributed by atoms with Gasteiger partial charge in [0.25, 0.3) is 0 Å². The molecule has 122 valence electrons. The minimum absolute atomic E-state index is 0.0534. The van der Waals surface area contributed by atoms with Gasteiger partial charge in [0.15, 0.2) is 6.54 Å². The van der Waals surface area contributed by atoms with Crippen LogP contribution < -0.4 is 4.90 Å². The lowest BCUT2D eigenvalue weighted by molar-refractivity contribution is -0.900. The molecule has 4 unspecified atom stereocenters. The van der Waals surface area contributed by atoms with Crippen molar-refractivity contribution in [2.45, 2.75) is 43.8 Å². The summed E-state index contributed by atoms with van der Waals surface area (Å²) in [6.45, 7) is 3.54. The molecule has 5 fully saturated rings. The Morgan fingerprint density at radius 3 is 2.86 bits per heavy atom. The third-order valence-electron chi connectivity index (χ3n) is 5.63. The number of nitrogens with one attached hydrogen (secondary N) is 1. The smallest absolute Gasteiger partial charge is 0.362 e. The Labute approximate surface area is 130 Å². The van der Waals surface area contributed by atoms with E-state index >= 15 is 0 Å². The highest BCUT2D eigenvalue weighted by Gasteiger charge is 2.54. The number of hydrogen-bond donors (Lipinski definition) is 1. The first-order valence-electron chi connectivity index (χ1n) is 8.45. The van der Waals surface area contributed by atoms with Crippen LogP contribution in [0.2, 0.25) is 0 Å². The number of carbonyl (C=O) groups is 2. The molecule has 4 bridgehead atoms. The summed E-state index contributed by atoms with van der Waals surface area (Å²) in [6.07, 6.45) is 4.04. The highest BCUT2D eigenvalue weighted by Crippen LogP contribution is 2.51.